The average Bonchev–Trinajstić information content (AvgIpc) is 2.75. The van der Waals surface area contributed by atoms with E-state index in [-0.39, 0.29) is 17.0 Å². The van der Waals surface area contributed by atoms with E-state index in [9.17, 15) is 9.59 Å². The van der Waals surface area contributed by atoms with Crippen LogP contribution in [-0.2, 0) is 6.54 Å². The molecule has 0 aromatic carbocycles. The number of aromatic nitrogens is 1. The number of pyridine rings is 1. The third-order valence-electron chi connectivity index (χ3n) is 3.05. The first-order valence-electron chi connectivity index (χ1n) is 6.29. The van der Waals surface area contributed by atoms with E-state index in [2.05, 4.69) is 10.3 Å². The Morgan fingerprint density at radius 1 is 1.43 bits per heavy atom. The number of hydrogen-bond donors (Lipinski definition) is 3. The number of ketones is 1. The molecule has 0 bridgehead atoms. The van der Waals surface area contributed by atoms with E-state index in [1.54, 1.807) is 6.20 Å². The Hall–Kier alpha value is -2.41. The topological polar surface area (TPSA) is 111 Å². The molecule has 0 radical (unpaired) electrons. The SMILES string of the molecule is CC(=O)c1sc(NCc2ncccc2C)c(C(N)=O)c1N. The van der Waals surface area contributed by atoms with Gasteiger partial charge in [-0.25, -0.2) is 0 Å². The predicted octanol–water partition coefficient (Wildman–Crippen LogP) is 1.95. The lowest BCUT2D eigenvalue weighted by Crippen LogP contribution is -2.15. The molecule has 5 N–H and O–H groups in total. The van der Waals surface area contributed by atoms with Crippen molar-refractivity contribution in [1.29, 1.82) is 0 Å². The number of Topliss-reactive ketones (excluding diaryl/α,β-unsaturated/α-hetero) is 1. The van der Waals surface area contributed by atoms with E-state index in [4.69, 9.17) is 11.5 Å². The van der Waals surface area contributed by atoms with Gasteiger partial charge in [-0.1, -0.05) is 6.07 Å². The zero-order chi connectivity index (χ0) is 15.6. The van der Waals surface area contributed by atoms with Gasteiger partial charge in [-0.05, 0) is 18.6 Å². The number of carbonyl (C=O) groups excluding carboxylic acids is 2. The molecule has 0 aliphatic rings. The minimum Gasteiger partial charge on any atom is -0.397 e. The largest absolute Gasteiger partial charge is 0.397 e. The van der Waals surface area contributed by atoms with Crippen LogP contribution in [0.2, 0.25) is 0 Å². The summed E-state index contributed by atoms with van der Waals surface area (Å²) < 4.78 is 0. The number of primary amides is 1. The summed E-state index contributed by atoms with van der Waals surface area (Å²) in [6.45, 7) is 3.77. The molecule has 2 rings (SSSR count). The lowest BCUT2D eigenvalue weighted by molar-refractivity contribution is 0.100. The van der Waals surface area contributed by atoms with Crippen molar-refractivity contribution < 1.29 is 9.59 Å². The van der Waals surface area contributed by atoms with Gasteiger partial charge in [0.25, 0.3) is 5.91 Å². The van der Waals surface area contributed by atoms with Crippen LogP contribution in [0.1, 0.15) is 38.2 Å². The summed E-state index contributed by atoms with van der Waals surface area (Å²) in [5.41, 5.74) is 13.4. The molecule has 110 valence electrons. The molecular formula is C14H16N4O2S. The lowest BCUT2D eigenvalue weighted by atomic mass is 10.2. The van der Waals surface area contributed by atoms with E-state index < -0.39 is 5.91 Å². The highest BCUT2D eigenvalue weighted by Gasteiger charge is 2.22. The number of anilines is 2. The van der Waals surface area contributed by atoms with Crippen molar-refractivity contribution in [3.63, 3.8) is 0 Å². The number of nitrogens with one attached hydrogen (secondary N) is 1. The zero-order valence-corrected chi connectivity index (χ0v) is 12.6. The van der Waals surface area contributed by atoms with Crippen molar-refractivity contribution in [3.8, 4) is 0 Å². The molecule has 6 nitrogen and oxygen atoms in total. The van der Waals surface area contributed by atoms with Crippen molar-refractivity contribution in [2.24, 2.45) is 5.73 Å². The van der Waals surface area contributed by atoms with Crippen LogP contribution in [0.5, 0.6) is 0 Å². The Labute approximate surface area is 126 Å². The molecule has 21 heavy (non-hydrogen) atoms. The second-order valence-corrected chi connectivity index (χ2v) is 5.61. The second-order valence-electron chi connectivity index (χ2n) is 4.59. The van der Waals surface area contributed by atoms with Gasteiger partial charge in [0.2, 0.25) is 0 Å². The first-order valence-corrected chi connectivity index (χ1v) is 7.10. The highest BCUT2D eigenvalue weighted by molar-refractivity contribution is 7.19. The maximum absolute atomic E-state index is 11.5. The molecule has 0 saturated heterocycles. The Morgan fingerprint density at radius 3 is 2.71 bits per heavy atom. The van der Waals surface area contributed by atoms with Gasteiger partial charge in [0.15, 0.2) is 5.78 Å². The average molecular weight is 304 g/mol. The fourth-order valence-corrected chi connectivity index (χ4v) is 2.96. The molecule has 2 aromatic rings. The van der Waals surface area contributed by atoms with Crippen molar-refractivity contribution in [1.82, 2.24) is 4.98 Å². The molecular weight excluding hydrogens is 288 g/mol. The van der Waals surface area contributed by atoms with E-state index in [1.807, 2.05) is 19.1 Å². The van der Waals surface area contributed by atoms with Crippen molar-refractivity contribution in [2.45, 2.75) is 20.4 Å². The summed E-state index contributed by atoms with van der Waals surface area (Å²) in [5.74, 6) is -0.849. The van der Waals surface area contributed by atoms with Crippen molar-refractivity contribution in [2.75, 3.05) is 11.1 Å². The minimum atomic E-state index is -0.656. The van der Waals surface area contributed by atoms with Crippen LogP contribution in [0.4, 0.5) is 10.7 Å². The first-order chi connectivity index (χ1) is 9.91. The minimum absolute atomic E-state index is 0.139. The van der Waals surface area contributed by atoms with E-state index >= 15 is 0 Å². The highest BCUT2D eigenvalue weighted by Crippen LogP contribution is 2.36. The molecule has 0 unspecified atom stereocenters. The second kappa shape index (κ2) is 5.92. The van der Waals surface area contributed by atoms with Crippen LogP contribution in [-0.4, -0.2) is 16.7 Å². The van der Waals surface area contributed by atoms with Crippen LogP contribution < -0.4 is 16.8 Å². The van der Waals surface area contributed by atoms with Gasteiger partial charge >= 0.3 is 0 Å². The molecule has 2 aromatic heterocycles. The zero-order valence-electron chi connectivity index (χ0n) is 11.8. The fourth-order valence-electron chi connectivity index (χ4n) is 1.94. The molecule has 1 amide bonds. The molecule has 0 aliphatic carbocycles. The Balaban J connectivity index is 2.32. The van der Waals surface area contributed by atoms with Gasteiger partial charge in [-0.2, -0.15) is 0 Å². The quantitative estimate of drug-likeness (QED) is 0.731. The molecule has 0 atom stereocenters. The number of rotatable bonds is 5. The normalized spacial score (nSPS) is 10.4. The van der Waals surface area contributed by atoms with E-state index in [1.165, 1.54) is 6.92 Å². The van der Waals surface area contributed by atoms with Gasteiger partial charge in [0, 0.05) is 13.1 Å². The fraction of sp³-hybridized carbons (Fsp3) is 0.214. The Bertz CT molecular complexity index is 709. The maximum atomic E-state index is 11.5. The predicted molar refractivity (Wildman–Crippen MR) is 83.6 cm³/mol. The third kappa shape index (κ3) is 3.03. The van der Waals surface area contributed by atoms with Crippen LogP contribution in [0.25, 0.3) is 0 Å². The summed E-state index contributed by atoms with van der Waals surface area (Å²) in [7, 11) is 0. The van der Waals surface area contributed by atoms with Crippen LogP contribution in [0.15, 0.2) is 18.3 Å². The van der Waals surface area contributed by atoms with Crippen LogP contribution in [0.3, 0.4) is 0 Å². The van der Waals surface area contributed by atoms with Gasteiger partial charge < -0.3 is 16.8 Å². The number of carbonyl (C=O) groups is 2. The molecule has 2 heterocycles. The lowest BCUT2D eigenvalue weighted by Gasteiger charge is -2.07. The summed E-state index contributed by atoms with van der Waals surface area (Å²) in [6.07, 6.45) is 1.70. The van der Waals surface area contributed by atoms with Gasteiger partial charge in [-0.15, -0.1) is 11.3 Å². The number of nitrogens with two attached hydrogens (primary N) is 2. The van der Waals surface area contributed by atoms with Gasteiger partial charge in [0.1, 0.15) is 5.00 Å². The summed E-state index contributed by atoms with van der Waals surface area (Å²) in [6, 6.07) is 3.80. The number of nitrogen functional groups attached to an aromatic ring is 1. The van der Waals surface area contributed by atoms with E-state index in [0.717, 1.165) is 22.6 Å². The number of nitrogens with zero attached hydrogens (tertiary/aromatic N) is 1. The maximum Gasteiger partial charge on any atom is 0.253 e. The third-order valence-corrected chi connectivity index (χ3v) is 4.31. The van der Waals surface area contributed by atoms with Crippen LogP contribution >= 0.6 is 11.3 Å². The van der Waals surface area contributed by atoms with Crippen LogP contribution in [0, 0.1) is 6.92 Å². The molecule has 0 aliphatic heterocycles. The summed E-state index contributed by atoms with van der Waals surface area (Å²) in [5, 5.41) is 3.59. The number of hydrogen-bond acceptors (Lipinski definition) is 6. The van der Waals surface area contributed by atoms with E-state index in [0.29, 0.717) is 16.4 Å². The first kappa shape index (κ1) is 15.0. The molecule has 0 saturated carbocycles. The Kier molecular flexibility index (Phi) is 4.23. The molecule has 0 spiro atoms. The Morgan fingerprint density at radius 2 is 2.14 bits per heavy atom. The molecule has 0 fully saturated rings. The number of thiophene rings is 1. The smallest absolute Gasteiger partial charge is 0.253 e. The van der Waals surface area contributed by atoms with Gasteiger partial charge in [-0.3, -0.25) is 14.6 Å². The number of aryl methyl sites for hydroxylation is 1. The highest BCUT2D eigenvalue weighted by atomic mass is 32.1. The standard InChI is InChI=1S/C14H16N4O2S/c1-7-4-3-5-17-9(7)6-18-14-10(13(16)20)11(15)12(21-14)8(2)19/h3-5,18H,6,15H2,1-2H3,(H2,16,20). The molecule has 7 heteroatoms. The monoisotopic (exact) mass is 304 g/mol. The van der Waals surface area contributed by atoms with Crippen molar-refractivity contribution >= 4 is 33.7 Å². The summed E-state index contributed by atoms with van der Waals surface area (Å²) >= 11 is 1.13. The van der Waals surface area contributed by atoms with Gasteiger partial charge in [0.05, 0.1) is 28.4 Å². The van der Waals surface area contributed by atoms with Crippen molar-refractivity contribution in [3.05, 3.63) is 40.0 Å². The summed E-state index contributed by atoms with van der Waals surface area (Å²) in [4.78, 5) is 27.7. The number of amides is 1.